The molecule has 0 atom stereocenters. The normalized spacial score (nSPS) is 15.7. The minimum atomic E-state index is -8.91. The average molecular weight is 598 g/mol. The molecule has 0 heterocycles. The van der Waals surface area contributed by atoms with Crippen molar-refractivity contribution in [3.63, 3.8) is 0 Å². The van der Waals surface area contributed by atoms with Crippen molar-refractivity contribution in [1.82, 2.24) is 0 Å². The van der Waals surface area contributed by atoms with Crippen LogP contribution in [0.1, 0.15) is 5.56 Å². The van der Waals surface area contributed by atoms with E-state index in [-0.39, 0.29) is 0 Å². The maximum absolute atomic E-state index is 13.7. The van der Waals surface area contributed by atoms with Gasteiger partial charge >= 0.3 is 41.7 Å². The number of benzene rings is 1. The van der Waals surface area contributed by atoms with Crippen LogP contribution in [0, 0.1) is 29.1 Å². The Balaban J connectivity index is 3.92. The third kappa shape index (κ3) is 4.13. The number of allylic oxidation sites excluding steroid dienone is 1. The van der Waals surface area contributed by atoms with Crippen LogP contribution in [0.2, 0.25) is 0 Å². The van der Waals surface area contributed by atoms with Crippen LogP contribution in [0.5, 0.6) is 0 Å². The Bertz CT molecular complexity index is 1060. The van der Waals surface area contributed by atoms with Crippen molar-refractivity contribution in [2.45, 2.75) is 41.7 Å². The van der Waals surface area contributed by atoms with E-state index in [1.165, 1.54) is 0 Å². The summed E-state index contributed by atoms with van der Waals surface area (Å²) in [7, 11) is 0. The first kappa shape index (κ1) is 32.4. The molecule has 22 heteroatoms. The van der Waals surface area contributed by atoms with Crippen molar-refractivity contribution < 1.29 is 96.6 Å². The SMILES string of the molecule is FC(=C(F)C(F)(F)C(F)(F)C(F)(F)C(F)(F)C(F)(F)C(F)(F)C(F)(F)F)c1c(F)c(F)c(F)c(F)c1F. The lowest BCUT2D eigenvalue weighted by atomic mass is 9.90. The largest absolute Gasteiger partial charge is 0.460 e. The predicted octanol–water partition coefficient (Wildman–Crippen LogP) is 8.36. The Morgan fingerprint density at radius 1 is 0.378 bits per heavy atom. The van der Waals surface area contributed by atoms with Crippen LogP contribution in [0.25, 0.3) is 5.83 Å². The summed E-state index contributed by atoms with van der Waals surface area (Å²) in [5.41, 5.74) is -3.56. The van der Waals surface area contributed by atoms with Gasteiger partial charge in [0, 0.05) is 0 Å². The van der Waals surface area contributed by atoms with Crippen LogP contribution in [0.15, 0.2) is 5.83 Å². The monoisotopic (exact) mass is 598 g/mol. The quantitative estimate of drug-likeness (QED) is 0.168. The van der Waals surface area contributed by atoms with Crippen molar-refractivity contribution >= 4 is 5.83 Å². The molecule has 1 aromatic carbocycles. The third-order valence-electron chi connectivity index (χ3n) is 4.23. The minimum Gasteiger partial charge on any atom is -0.203 e. The summed E-state index contributed by atoms with van der Waals surface area (Å²) in [6, 6.07) is 0. The highest BCUT2D eigenvalue weighted by Gasteiger charge is 2.93. The molecule has 0 aliphatic carbocycles. The number of alkyl halides is 15. The summed E-state index contributed by atoms with van der Waals surface area (Å²) in [4.78, 5) is 0. The number of hydrogen-bond acceptors (Lipinski definition) is 0. The van der Waals surface area contributed by atoms with Gasteiger partial charge in [0.2, 0.25) is 11.6 Å². The Morgan fingerprint density at radius 2 is 0.649 bits per heavy atom. The van der Waals surface area contributed by atoms with Crippen LogP contribution in [0.3, 0.4) is 0 Å². The van der Waals surface area contributed by atoms with Gasteiger partial charge in [-0.1, -0.05) is 0 Å². The van der Waals surface area contributed by atoms with Gasteiger partial charge < -0.3 is 0 Å². The molecule has 0 saturated carbocycles. The predicted molar refractivity (Wildman–Crippen MR) is 71.1 cm³/mol. The van der Waals surface area contributed by atoms with Crippen LogP contribution in [0.4, 0.5) is 96.6 Å². The summed E-state index contributed by atoms with van der Waals surface area (Å²) in [5.74, 6) is -78.6. The summed E-state index contributed by atoms with van der Waals surface area (Å²) < 4.78 is 288. The second kappa shape index (κ2) is 8.73. The lowest BCUT2D eigenvalue weighted by molar-refractivity contribution is -0.450. The fraction of sp³-hybridized carbons (Fsp3) is 0.467. The van der Waals surface area contributed by atoms with Gasteiger partial charge in [0.25, 0.3) is 0 Å². The van der Waals surface area contributed by atoms with E-state index in [4.69, 9.17) is 0 Å². The summed E-state index contributed by atoms with van der Waals surface area (Å²) in [5, 5.41) is 0. The van der Waals surface area contributed by atoms with Gasteiger partial charge in [0.1, 0.15) is 0 Å². The van der Waals surface area contributed by atoms with Crippen molar-refractivity contribution in [2.75, 3.05) is 0 Å². The summed E-state index contributed by atoms with van der Waals surface area (Å²) in [6.45, 7) is 0. The molecule has 0 aromatic heterocycles. The number of hydrogen-bond donors (Lipinski definition) is 0. The first-order valence-electron chi connectivity index (χ1n) is 7.91. The van der Waals surface area contributed by atoms with E-state index < -0.39 is 88.0 Å². The highest BCUT2D eigenvalue weighted by atomic mass is 19.4. The van der Waals surface area contributed by atoms with Crippen molar-refractivity contribution in [3.8, 4) is 0 Å². The van der Waals surface area contributed by atoms with E-state index in [1.807, 2.05) is 0 Å². The van der Waals surface area contributed by atoms with Gasteiger partial charge in [-0.15, -0.1) is 0 Å². The van der Waals surface area contributed by atoms with Gasteiger partial charge in [-0.2, -0.15) is 65.9 Å². The maximum Gasteiger partial charge on any atom is 0.460 e. The van der Waals surface area contributed by atoms with Crippen LogP contribution in [-0.4, -0.2) is 41.7 Å². The molecule has 37 heavy (non-hydrogen) atoms. The highest BCUT2D eigenvalue weighted by molar-refractivity contribution is 5.64. The van der Waals surface area contributed by atoms with E-state index in [0.717, 1.165) is 0 Å². The van der Waals surface area contributed by atoms with E-state index >= 15 is 0 Å². The van der Waals surface area contributed by atoms with E-state index in [1.54, 1.807) is 0 Å². The molecule has 0 nitrogen and oxygen atoms in total. The molecular formula is C15F22. The second-order valence-electron chi connectivity index (χ2n) is 6.52. The van der Waals surface area contributed by atoms with Gasteiger partial charge in [-0.3, -0.25) is 0 Å². The molecule has 0 bridgehead atoms. The first-order valence-corrected chi connectivity index (χ1v) is 7.91. The topological polar surface area (TPSA) is 0 Å². The molecule has 0 spiro atoms. The first-order chi connectivity index (χ1) is 16.0. The number of rotatable bonds is 7. The maximum atomic E-state index is 13.7. The Labute approximate surface area is 186 Å². The average Bonchev–Trinajstić information content (AvgIpc) is 2.74. The van der Waals surface area contributed by atoms with E-state index in [9.17, 15) is 96.6 Å². The lowest BCUT2D eigenvalue weighted by Gasteiger charge is -2.41. The fourth-order valence-corrected chi connectivity index (χ4v) is 2.15. The molecule has 0 aliphatic rings. The molecule has 0 amide bonds. The molecule has 0 saturated heterocycles. The Morgan fingerprint density at radius 3 is 0.973 bits per heavy atom. The zero-order valence-electron chi connectivity index (χ0n) is 15.8. The molecule has 0 fully saturated rings. The second-order valence-corrected chi connectivity index (χ2v) is 6.52. The van der Waals surface area contributed by atoms with Crippen molar-refractivity contribution in [2.24, 2.45) is 0 Å². The molecule has 1 aromatic rings. The standard InChI is InChI=1S/C15F22/c16-2-1(3(17)6(20)7(21)5(2)19)4(18)8(22)9(23,24)10(25,26)11(27,28)12(29,30)13(31,32)14(33,34)15(35,36)37. The smallest absolute Gasteiger partial charge is 0.203 e. The van der Waals surface area contributed by atoms with Crippen molar-refractivity contribution in [1.29, 1.82) is 0 Å². The van der Waals surface area contributed by atoms with E-state index in [0.29, 0.717) is 0 Å². The number of halogens is 22. The zero-order chi connectivity index (χ0) is 30.1. The zero-order valence-corrected chi connectivity index (χ0v) is 15.8. The summed E-state index contributed by atoms with van der Waals surface area (Å²) in [6.07, 6.45) is -7.95. The highest BCUT2D eigenvalue weighted by Crippen LogP contribution is 2.63. The lowest BCUT2D eigenvalue weighted by Crippen LogP contribution is -2.72. The van der Waals surface area contributed by atoms with Gasteiger partial charge in [-0.25, -0.2) is 30.7 Å². The van der Waals surface area contributed by atoms with Crippen LogP contribution in [-0.2, 0) is 0 Å². The van der Waals surface area contributed by atoms with E-state index in [2.05, 4.69) is 0 Å². The molecule has 0 N–H and O–H groups in total. The Kier molecular flexibility index (Phi) is 7.66. The summed E-state index contributed by atoms with van der Waals surface area (Å²) >= 11 is 0. The van der Waals surface area contributed by atoms with Crippen LogP contribution < -0.4 is 0 Å². The molecule has 0 aliphatic heterocycles. The molecule has 214 valence electrons. The third-order valence-corrected chi connectivity index (χ3v) is 4.23. The van der Waals surface area contributed by atoms with Crippen LogP contribution >= 0.6 is 0 Å². The fourth-order valence-electron chi connectivity index (χ4n) is 2.15. The minimum absolute atomic E-state index is 3.23. The van der Waals surface area contributed by atoms with Gasteiger partial charge in [-0.05, 0) is 0 Å². The molecule has 1 rings (SSSR count). The molecular weight excluding hydrogens is 598 g/mol. The Hall–Kier alpha value is -2.58. The van der Waals surface area contributed by atoms with Gasteiger partial charge in [0.15, 0.2) is 29.1 Å². The van der Waals surface area contributed by atoms with Crippen molar-refractivity contribution in [3.05, 3.63) is 40.5 Å². The molecule has 0 unspecified atom stereocenters. The van der Waals surface area contributed by atoms with Gasteiger partial charge in [0.05, 0.1) is 5.56 Å². The molecule has 0 radical (unpaired) electrons.